The van der Waals surface area contributed by atoms with Crippen LogP contribution in [0.2, 0.25) is 0 Å². The van der Waals surface area contributed by atoms with Crippen molar-refractivity contribution in [3.8, 4) is 17.2 Å². The third kappa shape index (κ3) is 3.06. The maximum atomic E-state index is 12.5. The molecule has 0 fully saturated rings. The van der Waals surface area contributed by atoms with Crippen molar-refractivity contribution in [2.24, 2.45) is 0 Å². The molecule has 0 unspecified atom stereocenters. The Balaban J connectivity index is 1.85. The summed E-state index contributed by atoms with van der Waals surface area (Å²) in [7, 11) is 3.18. The van der Waals surface area contributed by atoms with Crippen LogP contribution in [0.4, 0.5) is 0 Å². The van der Waals surface area contributed by atoms with Gasteiger partial charge in [0, 0.05) is 40.7 Å². The van der Waals surface area contributed by atoms with Crippen LogP contribution in [-0.2, 0) is 6.42 Å². The minimum absolute atomic E-state index is 0.157. The van der Waals surface area contributed by atoms with Gasteiger partial charge in [-0.25, -0.2) is 0 Å². The average molecular weight is 362 g/mol. The molecule has 4 rings (SSSR count). The number of phenols is 1. The highest BCUT2D eigenvalue weighted by Gasteiger charge is 2.12. The quantitative estimate of drug-likeness (QED) is 0.581. The number of ether oxygens (including phenoxy) is 2. The Morgan fingerprint density at radius 1 is 0.963 bits per heavy atom. The monoisotopic (exact) mass is 362 g/mol. The van der Waals surface area contributed by atoms with E-state index < -0.39 is 0 Å². The topological polar surface area (TPSA) is 84.4 Å². The summed E-state index contributed by atoms with van der Waals surface area (Å²) >= 11 is 0. The van der Waals surface area contributed by atoms with Crippen LogP contribution >= 0.6 is 0 Å². The van der Waals surface area contributed by atoms with Gasteiger partial charge < -0.3 is 19.6 Å². The van der Waals surface area contributed by atoms with E-state index in [0.717, 1.165) is 21.7 Å². The molecule has 0 aliphatic carbocycles. The first-order valence-corrected chi connectivity index (χ1v) is 8.42. The summed E-state index contributed by atoms with van der Waals surface area (Å²) in [5.41, 5.74) is 2.02. The normalized spacial score (nSPS) is 11.0. The van der Waals surface area contributed by atoms with Crippen LogP contribution in [-0.4, -0.2) is 29.3 Å². The van der Waals surface area contributed by atoms with E-state index in [1.54, 1.807) is 50.9 Å². The van der Waals surface area contributed by atoms with E-state index in [9.17, 15) is 9.90 Å². The molecule has 0 saturated carbocycles. The number of aromatic nitrogens is 2. The van der Waals surface area contributed by atoms with E-state index in [1.165, 1.54) is 0 Å². The van der Waals surface area contributed by atoms with Crippen LogP contribution in [0.5, 0.6) is 17.2 Å². The lowest BCUT2D eigenvalue weighted by molar-refractivity contribution is 0.356. The summed E-state index contributed by atoms with van der Waals surface area (Å²) in [4.78, 5) is 19.7. The van der Waals surface area contributed by atoms with Gasteiger partial charge in [-0.3, -0.25) is 9.78 Å². The maximum absolute atomic E-state index is 12.5. The Bertz CT molecular complexity index is 1210. The summed E-state index contributed by atoms with van der Waals surface area (Å²) < 4.78 is 10.8. The Hall–Kier alpha value is -3.54. The summed E-state index contributed by atoms with van der Waals surface area (Å²) in [6.45, 7) is 0. The van der Waals surface area contributed by atoms with Gasteiger partial charge in [-0.15, -0.1) is 0 Å². The van der Waals surface area contributed by atoms with Crippen LogP contribution in [0.1, 0.15) is 11.1 Å². The molecule has 0 spiro atoms. The van der Waals surface area contributed by atoms with Crippen molar-refractivity contribution in [1.29, 1.82) is 0 Å². The number of H-pyrrole nitrogens is 1. The molecule has 27 heavy (non-hydrogen) atoms. The second kappa shape index (κ2) is 6.64. The number of nitrogens with one attached hydrogen (secondary N) is 1. The molecule has 0 atom stereocenters. The zero-order valence-corrected chi connectivity index (χ0v) is 14.9. The number of aromatic amines is 1. The van der Waals surface area contributed by atoms with Crippen LogP contribution in [0, 0.1) is 0 Å². The van der Waals surface area contributed by atoms with Gasteiger partial charge in [0.25, 0.3) is 5.56 Å². The number of pyridine rings is 2. The summed E-state index contributed by atoms with van der Waals surface area (Å²) in [5, 5.41) is 12.3. The van der Waals surface area contributed by atoms with Crippen molar-refractivity contribution in [1.82, 2.24) is 9.97 Å². The fourth-order valence-electron chi connectivity index (χ4n) is 3.27. The largest absolute Gasteiger partial charge is 0.508 e. The Kier molecular flexibility index (Phi) is 4.16. The van der Waals surface area contributed by atoms with E-state index in [-0.39, 0.29) is 11.3 Å². The second-order valence-corrected chi connectivity index (χ2v) is 6.30. The molecule has 0 bridgehead atoms. The number of methoxy groups -OCH3 is 2. The highest BCUT2D eigenvalue weighted by Crippen LogP contribution is 2.33. The molecule has 6 heteroatoms. The average Bonchev–Trinajstić information content (AvgIpc) is 2.68. The van der Waals surface area contributed by atoms with Gasteiger partial charge in [0.05, 0.1) is 14.2 Å². The molecule has 136 valence electrons. The molecule has 0 radical (unpaired) electrons. The molecule has 2 heterocycles. The Labute approximate surface area is 155 Å². The number of rotatable bonds is 4. The summed E-state index contributed by atoms with van der Waals surface area (Å²) in [5.74, 6) is 1.40. The minimum Gasteiger partial charge on any atom is -0.508 e. The lowest BCUT2D eigenvalue weighted by Gasteiger charge is -2.12. The summed E-state index contributed by atoms with van der Waals surface area (Å²) in [6.07, 6.45) is 3.91. The van der Waals surface area contributed by atoms with Gasteiger partial charge in [-0.05, 0) is 47.3 Å². The number of hydrogen-bond donors (Lipinski definition) is 2. The van der Waals surface area contributed by atoms with Gasteiger partial charge in [0.15, 0.2) is 11.5 Å². The predicted octanol–water partition coefficient (Wildman–Crippen LogP) is 3.39. The second-order valence-electron chi connectivity index (χ2n) is 6.30. The van der Waals surface area contributed by atoms with E-state index in [4.69, 9.17) is 9.47 Å². The maximum Gasteiger partial charge on any atom is 0.251 e. The first-order chi connectivity index (χ1) is 13.1. The van der Waals surface area contributed by atoms with E-state index >= 15 is 0 Å². The Morgan fingerprint density at radius 3 is 2.52 bits per heavy atom. The van der Waals surface area contributed by atoms with E-state index in [0.29, 0.717) is 29.0 Å². The lowest BCUT2D eigenvalue weighted by atomic mass is 10.00. The molecule has 0 aliphatic heterocycles. The molecular weight excluding hydrogens is 344 g/mol. The molecular formula is C21H18N2O4. The van der Waals surface area contributed by atoms with Gasteiger partial charge in [0.1, 0.15) is 5.75 Å². The molecule has 0 aliphatic rings. The standard InChI is InChI=1S/C21H18N2O4/c1-26-19-8-15-11-22-10-14(17(15)9-20(19)27-2)6-13-5-12-7-16(24)3-4-18(12)23-21(13)25/h3-5,7-11,24H,6H2,1-2H3,(H,23,25). The third-order valence-electron chi connectivity index (χ3n) is 4.63. The van der Waals surface area contributed by atoms with Crippen LogP contribution in [0.15, 0.2) is 53.6 Å². The van der Waals surface area contributed by atoms with Crippen molar-refractivity contribution in [2.75, 3.05) is 14.2 Å². The zero-order chi connectivity index (χ0) is 19.0. The molecule has 4 aromatic rings. The van der Waals surface area contributed by atoms with Crippen molar-refractivity contribution < 1.29 is 14.6 Å². The van der Waals surface area contributed by atoms with Crippen molar-refractivity contribution in [3.63, 3.8) is 0 Å². The first-order valence-electron chi connectivity index (χ1n) is 8.42. The number of hydrogen-bond acceptors (Lipinski definition) is 5. The van der Waals surface area contributed by atoms with Gasteiger partial charge >= 0.3 is 0 Å². The van der Waals surface area contributed by atoms with Gasteiger partial charge in [-0.1, -0.05) is 0 Å². The number of phenolic OH excluding ortho intramolecular Hbond substituents is 1. The van der Waals surface area contributed by atoms with Crippen molar-refractivity contribution in [3.05, 3.63) is 70.3 Å². The third-order valence-corrected chi connectivity index (χ3v) is 4.63. The minimum atomic E-state index is -0.161. The van der Waals surface area contributed by atoms with Crippen LogP contribution in [0.3, 0.4) is 0 Å². The summed E-state index contributed by atoms with van der Waals surface area (Å²) in [6, 6.07) is 10.4. The first kappa shape index (κ1) is 16.9. The van der Waals surface area contributed by atoms with Gasteiger partial charge in [0.2, 0.25) is 0 Å². The van der Waals surface area contributed by atoms with E-state index in [2.05, 4.69) is 9.97 Å². The molecule has 6 nitrogen and oxygen atoms in total. The van der Waals surface area contributed by atoms with Crippen molar-refractivity contribution in [2.45, 2.75) is 6.42 Å². The number of nitrogens with zero attached hydrogens (tertiary/aromatic N) is 1. The van der Waals surface area contributed by atoms with Crippen LogP contribution < -0.4 is 15.0 Å². The number of aromatic hydroxyl groups is 1. The molecule has 0 amide bonds. The predicted molar refractivity (Wildman–Crippen MR) is 104 cm³/mol. The fraction of sp³-hybridized carbons (Fsp3) is 0.143. The molecule has 2 aromatic heterocycles. The van der Waals surface area contributed by atoms with E-state index in [1.807, 2.05) is 12.1 Å². The zero-order valence-electron chi connectivity index (χ0n) is 14.9. The highest BCUT2D eigenvalue weighted by atomic mass is 16.5. The highest BCUT2D eigenvalue weighted by molar-refractivity contribution is 5.88. The van der Waals surface area contributed by atoms with Crippen LogP contribution in [0.25, 0.3) is 21.7 Å². The van der Waals surface area contributed by atoms with Crippen molar-refractivity contribution >= 4 is 21.7 Å². The fourth-order valence-corrected chi connectivity index (χ4v) is 3.27. The Morgan fingerprint density at radius 2 is 1.74 bits per heavy atom. The smallest absolute Gasteiger partial charge is 0.251 e. The van der Waals surface area contributed by atoms with Gasteiger partial charge in [-0.2, -0.15) is 0 Å². The lowest BCUT2D eigenvalue weighted by Crippen LogP contribution is -2.13. The SMILES string of the molecule is COc1cc2cncc(Cc3cc4cc(O)ccc4[nH]c3=O)c2cc1OC. The molecule has 2 aromatic carbocycles. The molecule has 0 saturated heterocycles. The number of benzene rings is 2. The molecule has 2 N–H and O–H groups in total. The number of fused-ring (bicyclic) bond motifs is 2.